The molecule has 10 heteroatoms. The van der Waals surface area contributed by atoms with Gasteiger partial charge < -0.3 is 27.9 Å². The highest BCUT2D eigenvalue weighted by Gasteiger charge is 2.21. The fourth-order valence-electron chi connectivity index (χ4n) is 6.64. The van der Waals surface area contributed by atoms with E-state index in [9.17, 15) is 19.0 Å². The molecule has 0 rings (SSSR count). The highest BCUT2D eigenvalue weighted by atomic mass is 31.2. The Balaban J connectivity index is 4.29. The molecule has 0 bridgehead atoms. The van der Waals surface area contributed by atoms with Crippen LogP contribution in [0.2, 0.25) is 0 Å². The molecule has 0 aromatic rings. The summed E-state index contributed by atoms with van der Waals surface area (Å²) < 4.78 is 34.0. The van der Waals surface area contributed by atoms with E-state index < -0.39 is 26.5 Å². The van der Waals surface area contributed by atoms with Gasteiger partial charge in [0.15, 0.2) is 6.10 Å². The Morgan fingerprint density at radius 1 is 0.517 bits per heavy atom. The molecule has 0 aliphatic carbocycles. The Morgan fingerprint density at radius 2 is 0.879 bits per heavy atom. The number of phosphoric ester groups is 1. The molecule has 0 spiro atoms. The largest absolute Gasteiger partial charge is 0.756 e. The van der Waals surface area contributed by atoms with Crippen LogP contribution in [0.1, 0.15) is 219 Å². The van der Waals surface area contributed by atoms with Crippen LogP contribution in [0.3, 0.4) is 0 Å². The van der Waals surface area contributed by atoms with Crippen molar-refractivity contribution in [2.75, 3.05) is 47.5 Å². The molecule has 0 aromatic carbocycles. The van der Waals surface area contributed by atoms with Crippen molar-refractivity contribution < 1.29 is 42.1 Å². The van der Waals surface area contributed by atoms with Gasteiger partial charge in [0.05, 0.1) is 27.7 Å². The van der Waals surface area contributed by atoms with E-state index in [2.05, 4.69) is 38.2 Å². The van der Waals surface area contributed by atoms with Crippen molar-refractivity contribution in [2.45, 2.75) is 225 Å². The van der Waals surface area contributed by atoms with Gasteiger partial charge in [-0.25, -0.2) is 0 Å². The van der Waals surface area contributed by atoms with Gasteiger partial charge in [0.1, 0.15) is 19.8 Å². The molecule has 0 aromatic heterocycles. The molecule has 0 heterocycles. The molecule has 0 aliphatic heterocycles. The van der Waals surface area contributed by atoms with Crippen LogP contribution in [0, 0.1) is 0 Å². The molecule has 0 radical (unpaired) electrons. The standard InChI is InChI=1S/C48H92NO8P/c1-6-8-10-12-14-16-18-20-22-23-24-25-27-29-31-33-35-37-39-41-48(51)57-46(45-56-58(52,53)55-43-42-49(3,4)5)44-54-47(50)40-38-36-34-32-30-28-26-21-19-17-15-13-11-9-7-2/h20-22,26,46H,6-19,23-25,27-45H2,1-5H3/b22-20+,26-21+/t46-/m1/s1. The predicted molar refractivity (Wildman–Crippen MR) is 241 cm³/mol. The summed E-state index contributed by atoms with van der Waals surface area (Å²) in [6.07, 6.45) is 44.8. The Bertz CT molecular complexity index is 1040. The van der Waals surface area contributed by atoms with E-state index in [0.29, 0.717) is 17.4 Å². The van der Waals surface area contributed by atoms with Crippen molar-refractivity contribution >= 4 is 19.8 Å². The van der Waals surface area contributed by atoms with Crippen LogP contribution < -0.4 is 4.89 Å². The maximum Gasteiger partial charge on any atom is 0.306 e. The average Bonchev–Trinajstić information content (AvgIpc) is 3.17. The number of nitrogens with zero attached hydrogens (tertiary/aromatic N) is 1. The number of rotatable bonds is 44. The lowest BCUT2D eigenvalue weighted by atomic mass is 10.1. The first-order valence-electron chi connectivity index (χ1n) is 24.0. The summed E-state index contributed by atoms with van der Waals surface area (Å²) in [7, 11) is 1.17. The smallest absolute Gasteiger partial charge is 0.306 e. The van der Waals surface area contributed by atoms with Gasteiger partial charge >= 0.3 is 11.9 Å². The van der Waals surface area contributed by atoms with Crippen LogP contribution in [0.5, 0.6) is 0 Å². The summed E-state index contributed by atoms with van der Waals surface area (Å²) in [6, 6.07) is 0. The van der Waals surface area contributed by atoms with E-state index >= 15 is 0 Å². The summed E-state index contributed by atoms with van der Waals surface area (Å²) in [5, 5.41) is 0. The van der Waals surface area contributed by atoms with Crippen molar-refractivity contribution in [1.29, 1.82) is 0 Å². The van der Waals surface area contributed by atoms with Gasteiger partial charge in [-0.05, 0) is 64.2 Å². The van der Waals surface area contributed by atoms with Gasteiger partial charge in [0.2, 0.25) is 0 Å². The number of hydrogen-bond acceptors (Lipinski definition) is 8. The predicted octanol–water partition coefficient (Wildman–Crippen LogP) is 13.3. The zero-order valence-electron chi connectivity index (χ0n) is 38.5. The van der Waals surface area contributed by atoms with Crippen molar-refractivity contribution in [1.82, 2.24) is 0 Å². The van der Waals surface area contributed by atoms with E-state index in [-0.39, 0.29) is 32.0 Å². The molecule has 58 heavy (non-hydrogen) atoms. The zero-order chi connectivity index (χ0) is 42.8. The monoisotopic (exact) mass is 842 g/mol. The highest BCUT2D eigenvalue weighted by molar-refractivity contribution is 7.45. The molecule has 0 aliphatic rings. The number of ether oxygens (including phenoxy) is 2. The first kappa shape index (κ1) is 56.5. The summed E-state index contributed by atoms with van der Waals surface area (Å²) >= 11 is 0. The summed E-state index contributed by atoms with van der Waals surface area (Å²) in [5.74, 6) is -0.839. The maximum absolute atomic E-state index is 12.7. The van der Waals surface area contributed by atoms with Crippen LogP contribution in [0.25, 0.3) is 0 Å². The normalized spacial score (nSPS) is 13.7. The van der Waals surface area contributed by atoms with Crippen molar-refractivity contribution in [3.8, 4) is 0 Å². The second kappa shape index (κ2) is 40.9. The minimum Gasteiger partial charge on any atom is -0.756 e. The molecular formula is C48H92NO8P. The number of likely N-dealkylation sites (N-methyl/N-ethyl adjacent to an activating group) is 1. The Hall–Kier alpha value is -1.51. The molecule has 2 atom stereocenters. The van der Waals surface area contributed by atoms with Gasteiger partial charge in [-0.3, -0.25) is 14.2 Å². The first-order valence-corrected chi connectivity index (χ1v) is 25.5. The molecule has 9 nitrogen and oxygen atoms in total. The van der Waals surface area contributed by atoms with E-state index in [1.54, 1.807) is 0 Å². The number of phosphoric acid groups is 1. The fraction of sp³-hybridized carbons (Fsp3) is 0.875. The van der Waals surface area contributed by atoms with E-state index in [4.69, 9.17) is 18.5 Å². The second-order valence-electron chi connectivity index (χ2n) is 17.5. The van der Waals surface area contributed by atoms with Gasteiger partial charge in [0, 0.05) is 12.8 Å². The molecular weight excluding hydrogens is 750 g/mol. The third-order valence-electron chi connectivity index (χ3n) is 10.4. The number of hydrogen-bond donors (Lipinski definition) is 0. The van der Waals surface area contributed by atoms with Gasteiger partial charge in [-0.15, -0.1) is 0 Å². The third kappa shape index (κ3) is 44.1. The number of carbonyl (C=O) groups is 2. The summed E-state index contributed by atoms with van der Waals surface area (Å²) in [6.45, 7) is 4.23. The minimum atomic E-state index is -4.63. The lowest BCUT2D eigenvalue weighted by molar-refractivity contribution is -0.870. The SMILES string of the molecule is CCCCCCCC/C=C/CCCCCCCCCCCC(=O)O[C@H](COC(=O)CCCCCCC/C=C/CCCCCCCC)COP(=O)([O-])OCC[N+](C)(C)C. The Labute approximate surface area is 358 Å². The maximum atomic E-state index is 12.7. The molecule has 0 saturated heterocycles. The Kier molecular flexibility index (Phi) is 39.8. The lowest BCUT2D eigenvalue weighted by Gasteiger charge is -2.28. The van der Waals surface area contributed by atoms with Gasteiger partial charge in [-0.1, -0.05) is 167 Å². The van der Waals surface area contributed by atoms with Crippen molar-refractivity contribution in [3.05, 3.63) is 24.3 Å². The zero-order valence-corrected chi connectivity index (χ0v) is 39.4. The van der Waals surface area contributed by atoms with E-state index in [1.165, 1.54) is 128 Å². The summed E-state index contributed by atoms with van der Waals surface area (Å²) in [4.78, 5) is 37.6. The van der Waals surface area contributed by atoms with Crippen LogP contribution in [0.4, 0.5) is 0 Å². The van der Waals surface area contributed by atoms with Gasteiger partial charge in [0.25, 0.3) is 7.82 Å². The van der Waals surface area contributed by atoms with Crippen LogP contribution >= 0.6 is 7.82 Å². The molecule has 0 fully saturated rings. The number of unbranched alkanes of at least 4 members (excludes halogenated alkanes) is 26. The Morgan fingerprint density at radius 3 is 1.28 bits per heavy atom. The first-order chi connectivity index (χ1) is 28.0. The molecule has 0 amide bonds. The lowest BCUT2D eigenvalue weighted by Crippen LogP contribution is -2.37. The number of carbonyl (C=O) groups excluding carboxylic acids is 2. The van der Waals surface area contributed by atoms with Crippen molar-refractivity contribution in [3.63, 3.8) is 0 Å². The molecule has 342 valence electrons. The highest BCUT2D eigenvalue weighted by Crippen LogP contribution is 2.38. The molecule has 0 N–H and O–H groups in total. The van der Waals surface area contributed by atoms with Crippen LogP contribution in [-0.4, -0.2) is 70.0 Å². The number of allylic oxidation sites excluding steroid dienone is 4. The second-order valence-corrected chi connectivity index (χ2v) is 18.9. The topological polar surface area (TPSA) is 111 Å². The average molecular weight is 842 g/mol. The van der Waals surface area contributed by atoms with Crippen LogP contribution in [-0.2, 0) is 32.7 Å². The summed E-state index contributed by atoms with van der Waals surface area (Å²) in [5.41, 5.74) is 0. The van der Waals surface area contributed by atoms with Gasteiger partial charge in [-0.2, -0.15) is 0 Å². The number of esters is 2. The molecule has 1 unspecified atom stereocenters. The molecule has 0 saturated carbocycles. The van der Waals surface area contributed by atoms with Crippen molar-refractivity contribution in [2.24, 2.45) is 0 Å². The van der Waals surface area contributed by atoms with Crippen LogP contribution in [0.15, 0.2) is 24.3 Å². The minimum absolute atomic E-state index is 0.0311. The quantitative estimate of drug-likeness (QED) is 0.0196. The third-order valence-corrected chi connectivity index (χ3v) is 11.4. The van der Waals surface area contributed by atoms with E-state index in [0.717, 1.165) is 57.8 Å². The number of quaternary nitrogens is 1. The fourth-order valence-corrected chi connectivity index (χ4v) is 7.37. The van der Waals surface area contributed by atoms with E-state index in [1.807, 2.05) is 21.1 Å².